The first kappa shape index (κ1) is 22.7. The number of rotatable bonds is 8. The van der Waals surface area contributed by atoms with Crippen molar-refractivity contribution >= 4 is 12.0 Å². The second-order valence-corrected chi connectivity index (χ2v) is 8.70. The molecule has 176 valence electrons. The summed E-state index contributed by atoms with van der Waals surface area (Å²) in [7, 11) is 1.81. The van der Waals surface area contributed by atoms with Crippen molar-refractivity contribution in [3.8, 4) is 17.1 Å². The van der Waals surface area contributed by atoms with E-state index in [2.05, 4.69) is 30.8 Å². The molecule has 11 heteroatoms. The van der Waals surface area contributed by atoms with Crippen molar-refractivity contribution in [1.82, 2.24) is 30.1 Å². The number of nitrogens with zero attached hydrogens (tertiary/aromatic N) is 6. The third kappa shape index (κ3) is 5.12. The first-order chi connectivity index (χ1) is 15.8. The fourth-order valence-corrected chi connectivity index (χ4v) is 3.94. The number of anilines is 1. The SMILES string of the molecule is Cc1nc(-c2nnn(C)c2CNc2nc(C(C)C)no2)ccc1O[C@H]1CCC[C@H](C(=O)O)C1. The minimum Gasteiger partial charge on any atom is -0.489 e. The largest absolute Gasteiger partial charge is 0.489 e. The maximum atomic E-state index is 11.3. The van der Waals surface area contributed by atoms with Crippen LogP contribution >= 0.6 is 0 Å². The molecule has 2 N–H and O–H groups in total. The molecule has 3 aromatic rings. The van der Waals surface area contributed by atoms with E-state index in [0.29, 0.717) is 54.1 Å². The first-order valence-corrected chi connectivity index (χ1v) is 11.1. The van der Waals surface area contributed by atoms with E-state index >= 15 is 0 Å². The molecule has 1 fully saturated rings. The van der Waals surface area contributed by atoms with E-state index in [-0.39, 0.29) is 17.9 Å². The van der Waals surface area contributed by atoms with Crippen molar-refractivity contribution < 1.29 is 19.2 Å². The maximum absolute atomic E-state index is 11.3. The van der Waals surface area contributed by atoms with Gasteiger partial charge >= 0.3 is 12.0 Å². The molecule has 4 rings (SSSR count). The van der Waals surface area contributed by atoms with E-state index in [1.54, 1.807) is 4.68 Å². The van der Waals surface area contributed by atoms with Gasteiger partial charge in [0, 0.05) is 13.0 Å². The van der Waals surface area contributed by atoms with Gasteiger partial charge in [-0.3, -0.25) is 4.79 Å². The van der Waals surface area contributed by atoms with Crippen molar-refractivity contribution in [2.75, 3.05) is 5.32 Å². The zero-order valence-corrected chi connectivity index (χ0v) is 19.3. The highest BCUT2D eigenvalue weighted by Crippen LogP contribution is 2.30. The van der Waals surface area contributed by atoms with E-state index in [4.69, 9.17) is 9.26 Å². The van der Waals surface area contributed by atoms with Crippen LogP contribution in [0.3, 0.4) is 0 Å². The number of carboxylic acid groups (broad SMARTS) is 1. The summed E-state index contributed by atoms with van der Waals surface area (Å²) in [5.74, 6) is 0.376. The molecule has 0 unspecified atom stereocenters. The molecule has 0 radical (unpaired) electrons. The van der Waals surface area contributed by atoms with Gasteiger partial charge in [0.2, 0.25) is 0 Å². The van der Waals surface area contributed by atoms with Crippen LogP contribution in [0, 0.1) is 12.8 Å². The van der Waals surface area contributed by atoms with Crippen molar-refractivity contribution in [2.45, 2.75) is 65.0 Å². The number of nitrogens with one attached hydrogen (secondary N) is 1. The summed E-state index contributed by atoms with van der Waals surface area (Å²) in [6.45, 7) is 6.25. The Morgan fingerprint density at radius 1 is 1.33 bits per heavy atom. The van der Waals surface area contributed by atoms with Crippen LogP contribution in [0.2, 0.25) is 0 Å². The lowest BCUT2D eigenvalue weighted by Crippen LogP contribution is -2.29. The highest BCUT2D eigenvalue weighted by molar-refractivity contribution is 5.70. The summed E-state index contributed by atoms with van der Waals surface area (Å²) in [5.41, 5.74) is 2.85. The van der Waals surface area contributed by atoms with Crippen molar-refractivity contribution in [3.63, 3.8) is 0 Å². The van der Waals surface area contributed by atoms with Gasteiger partial charge in [0.1, 0.15) is 11.4 Å². The van der Waals surface area contributed by atoms with Gasteiger partial charge in [0.05, 0.1) is 35.6 Å². The van der Waals surface area contributed by atoms with Gasteiger partial charge in [0.25, 0.3) is 0 Å². The van der Waals surface area contributed by atoms with Crippen LogP contribution in [0.25, 0.3) is 11.4 Å². The molecule has 33 heavy (non-hydrogen) atoms. The number of aryl methyl sites for hydroxylation is 2. The van der Waals surface area contributed by atoms with Crippen LogP contribution in [0.4, 0.5) is 6.01 Å². The minimum absolute atomic E-state index is 0.118. The summed E-state index contributed by atoms with van der Waals surface area (Å²) in [4.78, 5) is 20.3. The van der Waals surface area contributed by atoms with Crippen LogP contribution < -0.4 is 10.1 Å². The Labute approximate surface area is 191 Å². The van der Waals surface area contributed by atoms with Crippen molar-refractivity contribution in [1.29, 1.82) is 0 Å². The Kier molecular flexibility index (Phi) is 6.57. The Morgan fingerprint density at radius 3 is 2.85 bits per heavy atom. The van der Waals surface area contributed by atoms with Gasteiger partial charge in [-0.05, 0) is 44.7 Å². The fourth-order valence-electron chi connectivity index (χ4n) is 3.94. The number of pyridine rings is 1. The van der Waals surface area contributed by atoms with Crippen LogP contribution in [0.15, 0.2) is 16.7 Å². The predicted octanol–water partition coefficient (Wildman–Crippen LogP) is 3.33. The second-order valence-electron chi connectivity index (χ2n) is 8.70. The average molecular weight is 456 g/mol. The third-order valence-corrected chi connectivity index (χ3v) is 5.86. The monoisotopic (exact) mass is 455 g/mol. The highest BCUT2D eigenvalue weighted by atomic mass is 16.5. The van der Waals surface area contributed by atoms with E-state index in [1.165, 1.54) is 0 Å². The average Bonchev–Trinajstić information content (AvgIpc) is 3.41. The van der Waals surface area contributed by atoms with Gasteiger partial charge in [-0.15, -0.1) is 5.10 Å². The molecule has 0 spiro atoms. The smallest absolute Gasteiger partial charge is 0.321 e. The Hall–Kier alpha value is -3.50. The molecule has 11 nitrogen and oxygen atoms in total. The van der Waals surface area contributed by atoms with Gasteiger partial charge in [-0.25, -0.2) is 9.67 Å². The van der Waals surface area contributed by atoms with Crippen molar-refractivity contribution in [2.24, 2.45) is 13.0 Å². The lowest BCUT2D eigenvalue weighted by Gasteiger charge is -2.27. The molecule has 0 aliphatic heterocycles. The summed E-state index contributed by atoms with van der Waals surface area (Å²) in [5, 5.41) is 24.8. The molecule has 0 aromatic carbocycles. The molecule has 3 aromatic heterocycles. The Morgan fingerprint density at radius 2 is 2.15 bits per heavy atom. The van der Waals surface area contributed by atoms with Crippen LogP contribution in [-0.2, 0) is 18.4 Å². The predicted molar refractivity (Wildman–Crippen MR) is 119 cm³/mol. The molecule has 2 atom stereocenters. The summed E-state index contributed by atoms with van der Waals surface area (Å²) < 4.78 is 13.0. The van der Waals surface area contributed by atoms with E-state index in [9.17, 15) is 9.90 Å². The Bertz CT molecular complexity index is 1120. The normalized spacial score (nSPS) is 18.5. The quantitative estimate of drug-likeness (QED) is 0.519. The van der Waals surface area contributed by atoms with Crippen LogP contribution in [0.5, 0.6) is 5.75 Å². The van der Waals surface area contributed by atoms with Crippen molar-refractivity contribution in [3.05, 3.63) is 29.3 Å². The topological polar surface area (TPSA) is 141 Å². The zero-order valence-electron chi connectivity index (χ0n) is 19.3. The first-order valence-electron chi connectivity index (χ1n) is 11.1. The lowest BCUT2D eigenvalue weighted by molar-refractivity contribution is -0.143. The number of carboxylic acids is 1. The molecule has 3 heterocycles. The van der Waals surface area contributed by atoms with Crippen LogP contribution in [-0.4, -0.2) is 47.3 Å². The minimum atomic E-state index is -0.752. The standard InChI is InChI=1S/C22H29N7O4/c1-12(2)20-25-22(33-27-20)23-11-17-19(26-28-29(17)4)16-8-9-18(13(3)24-16)32-15-7-5-6-14(10-15)21(30)31/h8-9,12,14-15H,5-7,10-11H2,1-4H3,(H,30,31)(H,23,25,27)/t14-,15-/m0/s1. The highest BCUT2D eigenvalue weighted by Gasteiger charge is 2.28. The molecule has 1 aliphatic rings. The molecule has 0 bridgehead atoms. The van der Waals surface area contributed by atoms with Gasteiger partial charge in [-0.2, -0.15) is 4.98 Å². The maximum Gasteiger partial charge on any atom is 0.321 e. The number of carbonyl (C=O) groups is 1. The molecule has 0 amide bonds. The lowest BCUT2D eigenvalue weighted by atomic mass is 9.87. The van der Waals surface area contributed by atoms with Crippen LogP contribution in [0.1, 0.15) is 62.7 Å². The fraction of sp³-hybridized carbons (Fsp3) is 0.545. The summed E-state index contributed by atoms with van der Waals surface area (Å²) >= 11 is 0. The molecule has 0 saturated heterocycles. The number of hydrogen-bond donors (Lipinski definition) is 2. The van der Waals surface area contributed by atoms with Gasteiger partial charge in [0.15, 0.2) is 5.82 Å². The zero-order chi connectivity index (χ0) is 23.5. The Balaban J connectivity index is 1.47. The summed E-state index contributed by atoms with van der Waals surface area (Å²) in [6, 6.07) is 4.04. The summed E-state index contributed by atoms with van der Waals surface area (Å²) in [6.07, 6.45) is 2.80. The van der Waals surface area contributed by atoms with Gasteiger partial charge in [-0.1, -0.05) is 24.2 Å². The van der Waals surface area contributed by atoms with E-state index in [1.807, 2.05) is 40.0 Å². The third-order valence-electron chi connectivity index (χ3n) is 5.86. The molecule has 1 aliphatic carbocycles. The molecule has 1 saturated carbocycles. The van der Waals surface area contributed by atoms with Gasteiger partial charge < -0.3 is 19.7 Å². The molecular weight excluding hydrogens is 426 g/mol. The van der Waals surface area contributed by atoms with E-state index < -0.39 is 5.97 Å². The molecular formula is C22H29N7O4. The number of aliphatic carboxylic acids is 1. The second kappa shape index (κ2) is 9.55. The van der Waals surface area contributed by atoms with E-state index in [0.717, 1.165) is 18.5 Å². The number of hydrogen-bond acceptors (Lipinski definition) is 9. The number of aromatic nitrogens is 6. The number of ether oxygens (including phenoxy) is 1.